The summed E-state index contributed by atoms with van der Waals surface area (Å²) in [6.45, 7) is 2.04. The molecule has 1 nitrogen and oxygen atoms in total. The molecule has 0 saturated heterocycles. The van der Waals surface area contributed by atoms with E-state index in [9.17, 15) is 0 Å². The summed E-state index contributed by atoms with van der Waals surface area (Å²) < 4.78 is 3.98. The van der Waals surface area contributed by atoms with Gasteiger partial charge in [0.2, 0.25) is 0 Å². The van der Waals surface area contributed by atoms with Crippen molar-refractivity contribution in [2.45, 2.75) is 6.92 Å². The van der Waals surface area contributed by atoms with E-state index in [-0.39, 0.29) is 0 Å². The van der Waals surface area contributed by atoms with E-state index in [4.69, 9.17) is 0 Å². The van der Waals surface area contributed by atoms with Crippen LogP contribution in [0.4, 0.5) is 0 Å². The summed E-state index contributed by atoms with van der Waals surface area (Å²) in [5, 5.41) is 0. The lowest BCUT2D eigenvalue weighted by Crippen LogP contribution is -1.64. The van der Waals surface area contributed by atoms with Gasteiger partial charge in [0.15, 0.2) is 0 Å². The van der Waals surface area contributed by atoms with Gasteiger partial charge in [-0.2, -0.15) is 0 Å². The van der Waals surface area contributed by atoms with Gasteiger partial charge in [-0.3, -0.25) is 0 Å². The second-order valence-electron chi connectivity index (χ2n) is 1.42. The molecule has 1 rings (SSSR count). The predicted molar refractivity (Wildman–Crippen MR) is 31.5 cm³/mol. The molecule has 0 aliphatic rings. The Bertz CT molecular complexity index is 138. The summed E-state index contributed by atoms with van der Waals surface area (Å²) in [7, 11) is 1.06. The molecule has 0 saturated carbocycles. The van der Waals surface area contributed by atoms with Crippen molar-refractivity contribution in [3.05, 3.63) is 23.6 Å². The Hall–Kier alpha value is -0.420. The first-order chi connectivity index (χ1) is 3.39. The molecule has 1 aromatic heterocycles. The fourth-order valence-electron chi connectivity index (χ4n) is 0.357. The largest absolute Gasteiger partial charge is 0.235 e. The Morgan fingerprint density at radius 3 is 2.86 bits per heavy atom. The standard InChI is InChI=1S/C5H6NP/c1-5-2-3-7-6-4-5/h2-4H,1H3. The van der Waals surface area contributed by atoms with Crippen LogP contribution >= 0.6 is 8.35 Å². The molecule has 1 aromatic rings. The second kappa shape index (κ2) is 2.04. The molecule has 0 amide bonds. The van der Waals surface area contributed by atoms with E-state index in [1.165, 1.54) is 5.56 Å². The minimum atomic E-state index is 1.06. The van der Waals surface area contributed by atoms with Crippen LogP contribution in [-0.2, 0) is 0 Å². The minimum absolute atomic E-state index is 1.06. The molecule has 0 fully saturated rings. The van der Waals surface area contributed by atoms with E-state index in [1.807, 2.05) is 18.9 Å². The molecule has 0 aromatic carbocycles. The maximum absolute atomic E-state index is 3.98. The van der Waals surface area contributed by atoms with Gasteiger partial charge < -0.3 is 0 Å². The Morgan fingerprint density at radius 2 is 2.57 bits per heavy atom. The van der Waals surface area contributed by atoms with Crippen LogP contribution in [0.3, 0.4) is 0 Å². The SMILES string of the molecule is Cc1ccpnc1. The van der Waals surface area contributed by atoms with Crippen LogP contribution < -0.4 is 0 Å². The number of aromatic nitrogens is 1. The molecule has 0 bridgehead atoms. The molecule has 0 N–H and O–H groups in total. The van der Waals surface area contributed by atoms with E-state index in [1.54, 1.807) is 0 Å². The van der Waals surface area contributed by atoms with E-state index in [0.717, 1.165) is 8.35 Å². The monoisotopic (exact) mass is 111 g/mol. The lowest BCUT2D eigenvalue weighted by Gasteiger charge is -1.81. The van der Waals surface area contributed by atoms with Crippen molar-refractivity contribution in [3.63, 3.8) is 0 Å². The first kappa shape index (κ1) is 4.73. The van der Waals surface area contributed by atoms with Gasteiger partial charge in [0, 0.05) is 14.5 Å². The van der Waals surface area contributed by atoms with Crippen LogP contribution in [-0.4, -0.2) is 4.75 Å². The Morgan fingerprint density at radius 1 is 1.71 bits per heavy atom. The molecule has 0 unspecified atom stereocenters. The van der Waals surface area contributed by atoms with Crippen LogP contribution in [0.15, 0.2) is 18.1 Å². The Labute approximate surface area is 44.6 Å². The van der Waals surface area contributed by atoms with Crippen molar-refractivity contribution >= 4 is 8.35 Å². The highest BCUT2D eigenvalue weighted by atomic mass is 31.0. The lowest BCUT2D eigenvalue weighted by molar-refractivity contribution is 1.40. The average molecular weight is 111 g/mol. The molecule has 0 aliphatic carbocycles. The van der Waals surface area contributed by atoms with Crippen LogP contribution in [0.2, 0.25) is 0 Å². The molecule has 36 valence electrons. The van der Waals surface area contributed by atoms with Crippen LogP contribution in [0.5, 0.6) is 0 Å². The van der Waals surface area contributed by atoms with Crippen LogP contribution in [0, 0.1) is 6.92 Å². The molecular formula is C5H6NP. The molecule has 7 heavy (non-hydrogen) atoms. The number of aryl methyl sites for hydroxylation is 1. The molecular weight excluding hydrogens is 105 g/mol. The first-order valence-electron chi connectivity index (χ1n) is 2.13. The third-order valence-corrected chi connectivity index (χ3v) is 1.26. The summed E-state index contributed by atoms with van der Waals surface area (Å²) >= 11 is 0. The smallest absolute Gasteiger partial charge is 0.0372 e. The van der Waals surface area contributed by atoms with Crippen molar-refractivity contribution in [1.82, 2.24) is 4.75 Å². The maximum Gasteiger partial charge on any atom is 0.0372 e. The molecule has 0 spiro atoms. The summed E-state index contributed by atoms with van der Waals surface area (Å²) in [6, 6.07) is 2.06. The third kappa shape index (κ3) is 1.24. The molecule has 1 heterocycles. The Kier molecular flexibility index (Phi) is 1.38. The molecule has 0 atom stereocenters. The first-order valence-corrected chi connectivity index (χ1v) is 3.04. The van der Waals surface area contributed by atoms with Gasteiger partial charge in [-0.25, -0.2) is 4.75 Å². The van der Waals surface area contributed by atoms with Crippen molar-refractivity contribution in [1.29, 1.82) is 0 Å². The quantitative estimate of drug-likeness (QED) is 0.498. The second-order valence-corrected chi connectivity index (χ2v) is 2.18. The normalized spacial score (nSPS) is 9.86. The number of rotatable bonds is 0. The maximum atomic E-state index is 3.98. The molecule has 0 radical (unpaired) electrons. The average Bonchev–Trinajstić information content (AvgIpc) is 1.69. The number of hydrogen-bond donors (Lipinski definition) is 0. The van der Waals surface area contributed by atoms with Crippen LogP contribution in [0.25, 0.3) is 0 Å². The topological polar surface area (TPSA) is 12.9 Å². The zero-order valence-electron chi connectivity index (χ0n) is 4.13. The van der Waals surface area contributed by atoms with E-state index in [2.05, 4.69) is 10.8 Å². The summed E-state index contributed by atoms with van der Waals surface area (Å²) in [5.41, 5.74) is 1.23. The zero-order chi connectivity index (χ0) is 5.11. The van der Waals surface area contributed by atoms with Gasteiger partial charge >= 0.3 is 0 Å². The summed E-state index contributed by atoms with van der Waals surface area (Å²) in [4.78, 5) is 0. The Balaban J connectivity index is 3.02. The predicted octanol–water partition coefficient (Wildman–Crippen LogP) is 1.97. The van der Waals surface area contributed by atoms with Crippen LogP contribution in [0.1, 0.15) is 5.56 Å². The van der Waals surface area contributed by atoms with Gasteiger partial charge in [0.05, 0.1) is 0 Å². The van der Waals surface area contributed by atoms with E-state index in [0.29, 0.717) is 0 Å². The highest BCUT2D eigenvalue weighted by molar-refractivity contribution is 7.24. The fraction of sp³-hybridized carbons (Fsp3) is 0.200. The van der Waals surface area contributed by atoms with E-state index >= 15 is 0 Å². The highest BCUT2D eigenvalue weighted by Gasteiger charge is 1.73. The van der Waals surface area contributed by atoms with Crippen molar-refractivity contribution < 1.29 is 0 Å². The zero-order valence-corrected chi connectivity index (χ0v) is 5.02. The summed E-state index contributed by atoms with van der Waals surface area (Å²) in [5.74, 6) is 2.02. The van der Waals surface area contributed by atoms with Gasteiger partial charge in [0.25, 0.3) is 0 Å². The fourth-order valence-corrected chi connectivity index (χ4v) is 0.984. The van der Waals surface area contributed by atoms with E-state index < -0.39 is 0 Å². The highest BCUT2D eigenvalue weighted by Crippen LogP contribution is 1.98. The lowest BCUT2D eigenvalue weighted by atomic mass is 10.4. The molecule has 0 aliphatic heterocycles. The number of hydrogen-bond acceptors (Lipinski definition) is 1. The molecule has 2 heteroatoms. The number of nitrogens with zero attached hydrogens (tertiary/aromatic N) is 1. The van der Waals surface area contributed by atoms with Gasteiger partial charge in [-0.05, 0) is 18.3 Å². The van der Waals surface area contributed by atoms with Gasteiger partial charge in [0.1, 0.15) is 0 Å². The van der Waals surface area contributed by atoms with Crippen molar-refractivity contribution in [3.8, 4) is 0 Å². The van der Waals surface area contributed by atoms with Crippen molar-refractivity contribution in [2.24, 2.45) is 0 Å². The summed E-state index contributed by atoms with van der Waals surface area (Å²) in [6.07, 6.45) is 1.88. The minimum Gasteiger partial charge on any atom is -0.235 e. The van der Waals surface area contributed by atoms with Crippen molar-refractivity contribution in [2.75, 3.05) is 0 Å². The van der Waals surface area contributed by atoms with Gasteiger partial charge in [-0.15, -0.1) is 0 Å². The van der Waals surface area contributed by atoms with Gasteiger partial charge in [-0.1, -0.05) is 6.07 Å². The third-order valence-electron chi connectivity index (χ3n) is 0.732.